The van der Waals surface area contributed by atoms with E-state index in [1.807, 2.05) is 6.07 Å². The van der Waals surface area contributed by atoms with Crippen LogP contribution >= 0.6 is 11.8 Å². The van der Waals surface area contributed by atoms with E-state index < -0.39 is 11.2 Å². The Hall–Kier alpha value is -3.90. The molecule has 4 heterocycles. The summed E-state index contributed by atoms with van der Waals surface area (Å²) in [6.45, 7) is 1.87. The molecule has 3 aromatic rings. The normalized spacial score (nSPS) is 16.0. The van der Waals surface area contributed by atoms with Crippen molar-refractivity contribution in [1.82, 2.24) is 14.5 Å². The fraction of sp³-hybridized carbons (Fsp3) is 0.136. The molecule has 1 unspecified atom stereocenters. The zero-order valence-electron chi connectivity index (χ0n) is 16.5. The third kappa shape index (κ3) is 3.58. The molecule has 1 atom stereocenters. The van der Waals surface area contributed by atoms with Crippen molar-refractivity contribution in [2.24, 2.45) is 0 Å². The Bertz CT molecular complexity index is 1330. The molecule has 8 nitrogen and oxygen atoms in total. The second-order valence-electron chi connectivity index (χ2n) is 6.56. The SMILES string of the molecule is CCOC(=O)C1=c2c(=Cc3ccncc3)c(N)c(C#N)n2C(=O)C(c2ccncc2)S1. The van der Waals surface area contributed by atoms with Gasteiger partial charge in [-0.2, -0.15) is 5.26 Å². The first-order valence-electron chi connectivity index (χ1n) is 9.41. The van der Waals surface area contributed by atoms with Gasteiger partial charge < -0.3 is 10.5 Å². The zero-order chi connectivity index (χ0) is 22.0. The van der Waals surface area contributed by atoms with Crippen LogP contribution in [0.3, 0.4) is 0 Å². The summed E-state index contributed by atoms with van der Waals surface area (Å²) in [6, 6.07) is 8.94. The second kappa shape index (κ2) is 8.45. The lowest BCUT2D eigenvalue weighted by Crippen LogP contribution is -2.42. The first-order chi connectivity index (χ1) is 15.1. The number of ether oxygens (including phenoxy) is 1. The van der Waals surface area contributed by atoms with Crippen LogP contribution in [0, 0.1) is 11.3 Å². The Labute approximate surface area is 181 Å². The number of carbonyl (C=O) groups is 2. The van der Waals surface area contributed by atoms with Crippen molar-refractivity contribution in [3.63, 3.8) is 0 Å². The minimum atomic E-state index is -0.748. The van der Waals surface area contributed by atoms with Gasteiger partial charge in [-0.05, 0) is 48.4 Å². The van der Waals surface area contributed by atoms with E-state index in [1.54, 1.807) is 62.1 Å². The molecule has 1 aliphatic heterocycles. The number of hydrogen-bond acceptors (Lipinski definition) is 8. The number of pyridine rings is 2. The van der Waals surface area contributed by atoms with E-state index in [-0.39, 0.29) is 34.1 Å². The van der Waals surface area contributed by atoms with E-state index in [2.05, 4.69) is 9.97 Å². The number of esters is 1. The number of anilines is 1. The highest BCUT2D eigenvalue weighted by molar-refractivity contribution is 8.10. The summed E-state index contributed by atoms with van der Waals surface area (Å²) in [5.41, 5.74) is 7.83. The number of rotatable bonds is 4. The number of carbonyl (C=O) groups excluding carboxylic acids is 2. The van der Waals surface area contributed by atoms with Crippen molar-refractivity contribution < 1.29 is 14.3 Å². The minimum Gasteiger partial charge on any atom is -0.462 e. The highest BCUT2D eigenvalue weighted by Crippen LogP contribution is 2.39. The summed E-state index contributed by atoms with van der Waals surface area (Å²) in [7, 11) is 0. The summed E-state index contributed by atoms with van der Waals surface area (Å²) in [5.74, 6) is -0.941. The van der Waals surface area contributed by atoms with Gasteiger partial charge in [0.2, 0.25) is 5.91 Å². The van der Waals surface area contributed by atoms with E-state index in [4.69, 9.17) is 10.5 Å². The maximum Gasteiger partial charge on any atom is 0.346 e. The van der Waals surface area contributed by atoms with E-state index in [9.17, 15) is 14.9 Å². The molecular weight excluding hydrogens is 414 g/mol. The van der Waals surface area contributed by atoms with E-state index in [0.29, 0.717) is 10.8 Å². The molecule has 0 fully saturated rings. The van der Waals surface area contributed by atoms with Gasteiger partial charge in [-0.25, -0.2) is 4.79 Å². The van der Waals surface area contributed by atoms with Gasteiger partial charge in [0.05, 0.1) is 17.6 Å². The van der Waals surface area contributed by atoms with Gasteiger partial charge in [0.15, 0.2) is 5.69 Å². The summed E-state index contributed by atoms with van der Waals surface area (Å²) in [4.78, 5) is 34.6. The topological polar surface area (TPSA) is 124 Å². The summed E-state index contributed by atoms with van der Waals surface area (Å²) in [6.07, 6.45) is 8.10. The Morgan fingerprint density at radius 1 is 1.26 bits per heavy atom. The lowest BCUT2D eigenvalue weighted by molar-refractivity contribution is -0.135. The largest absolute Gasteiger partial charge is 0.462 e. The number of nitrogens with two attached hydrogens (primary N) is 1. The Morgan fingerprint density at radius 3 is 2.52 bits per heavy atom. The van der Waals surface area contributed by atoms with Crippen LogP contribution in [-0.4, -0.2) is 33.0 Å². The molecule has 31 heavy (non-hydrogen) atoms. The molecule has 4 rings (SSSR count). The van der Waals surface area contributed by atoms with Crippen LogP contribution in [0.5, 0.6) is 0 Å². The average Bonchev–Trinajstić information content (AvgIpc) is 3.07. The third-order valence-corrected chi connectivity index (χ3v) is 6.04. The molecule has 2 N–H and O–H groups in total. The van der Waals surface area contributed by atoms with Gasteiger partial charge >= 0.3 is 5.97 Å². The molecule has 0 saturated heterocycles. The van der Waals surface area contributed by atoms with Gasteiger partial charge in [0.25, 0.3) is 0 Å². The fourth-order valence-corrected chi connectivity index (χ4v) is 4.57. The average molecular weight is 431 g/mol. The molecule has 3 aromatic heterocycles. The fourth-order valence-electron chi connectivity index (χ4n) is 3.37. The molecule has 0 amide bonds. The van der Waals surface area contributed by atoms with E-state index >= 15 is 0 Å². The van der Waals surface area contributed by atoms with Gasteiger partial charge in [-0.3, -0.25) is 19.3 Å². The van der Waals surface area contributed by atoms with Crippen LogP contribution in [0.15, 0.2) is 49.1 Å². The molecule has 154 valence electrons. The molecule has 0 radical (unpaired) electrons. The quantitative estimate of drug-likeness (QED) is 0.614. The molecular formula is C22H17N5O3S. The first kappa shape index (κ1) is 20.4. The van der Waals surface area contributed by atoms with E-state index in [1.165, 1.54) is 4.57 Å². The van der Waals surface area contributed by atoms with Crippen LogP contribution in [-0.2, 0) is 9.53 Å². The molecule has 0 aliphatic carbocycles. The van der Waals surface area contributed by atoms with Crippen LogP contribution in [0.25, 0.3) is 11.0 Å². The summed E-state index contributed by atoms with van der Waals surface area (Å²) in [5, 5.41) is 9.72. The van der Waals surface area contributed by atoms with Gasteiger partial charge in [0.1, 0.15) is 16.2 Å². The van der Waals surface area contributed by atoms with Gasteiger partial charge in [0, 0.05) is 30.0 Å². The van der Waals surface area contributed by atoms with Crippen molar-refractivity contribution in [1.29, 1.82) is 5.26 Å². The standard InChI is InChI=1S/C22H17N5O3S/c1-2-30-22(29)20-18-15(11-13-3-7-25-8-4-13)17(24)16(12-23)27(18)21(28)19(31-20)14-5-9-26-10-6-14/h3-11,19H,2,24H2,1H3. The third-order valence-electron chi connectivity index (χ3n) is 4.74. The maximum atomic E-state index is 13.5. The highest BCUT2D eigenvalue weighted by Gasteiger charge is 2.36. The molecule has 0 bridgehead atoms. The van der Waals surface area contributed by atoms with Crippen LogP contribution < -0.4 is 16.3 Å². The number of nitrogens with zero attached hydrogens (tertiary/aromatic N) is 4. The number of hydrogen-bond donors (Lipinski definition) is 1. The lowest BCUT2D eigenvalue weighted by Gasteiger charge is -2.22. The van der Waals surface area contributed by atoms with Crippen LogP contribution in [0.4, 0.5) is 5.69 Å². The molecule has 0 spiro atoms. The Kier molecular flexibility index (Phi) is 5.56. The summed E-state index contributed by atoms with van der Waals surface area (Å²) < 4.78 is 6.50. The van der Waals surface area contributed by atoms with Gasteiger partial charge in [-0.15, -0.1) is 0 Å². The van der Waals surface area contributed by atoms with Crippen molar-refractivity contribution in [3.05, 3.63) is 76.4 Å². The number of nitrogen functional groups attached to an aromatic ring is 1. The van der Waals surface area contributed by atoms with Crippen LogP contribution in [0.1, 0.15) is 33.8 Å². The van der Waals surface area contributed by atoms with Crippen molar-refractivity contribution in [2.75, 3.05) is 12.3 Å². The first-order valence-corrected chi connectivity index (χ1v) is 10.3. The summed E-state index contributed by atoms with van der Waals surface area (Å²) >= 11 is 1.09. The Balaban J connectivity index is 2.07. The van der Waals surface area contributed by atoms with Crippen LogP contribution in [0.2, 0.25) is 0 Å². The zero-order valence-corrected chi connectivity index (χ0v) is 17.3. The molecule has 0 saturated carbocycles. The predicted octanol–water partition coefficient (Wildman–Crippen LogP) is 1.36. The van der Waals surface area contributed by atoms with Crippen molar-refractivity contribution >= 4 is 40.3 Å². The van der Waals surface area contributed by atoms with E-state index in [0.717, 1.165) is 17.3 Å². The number of aromatic nitrogens is 3. The predicted molar refractivity (Wildman–Crippen MR) is 116 cm³/mol. The number of fused-ring (bicyclic) bond motifs is 1. The molecule has 0 aromatic carbocycles. The molecule has 1 aliphatic rings. The maximum absolute atomic E-state index is 13.5. The van der Waals surface area contributed by atoms with Crippen molar-refractivity contribution in [2.45, 2.75) is 12.2 Å². The number of nitriles is 1. The smallest absolute Gasteiger partial charge is 0.346 e. The second-order valence-corrected chi connectivity index (χ2v) is 7.68. The highest BCUT2D eigenvalue weighted by atomic mass is 32.2. The number of thioether (sulfide) groups is 1. The van der Waals surface area contributed by atoms with Gasteiger partial charge in [-0.1, -0.05) is 11.8 Å². The molecule has 9 heteroatoms. The van der Waals surface area contributed by atoms with Crippen molar-refractivity contribution in [3.8, 4) is 6.07 Å². The lowest BCUT2D eigenvalue weighted by atomic mass is 10.1. The minimum absolute atomic E-state index is 0.0125. The monoisotopic (exact) mass is 431 g/mol. The Morgan fingerprint density at radius 2 is 1.90 bits per heavy atom.